The van der Waals surface area contributed by atoms with Crippen LogP contribution in [-0.2, 0) is 21.4 Å². The smallest absolute Gasteiger partial charge is 0.322 e. The number of nitrogens with one attached hydrogen (secondary N) is 1. The fraction of sp³-hybridized carbons (Fsp3) is 0.708. The van der Waals surface area contributed by atoms with Gasteiger partial charge in [0.25, 0.3) is 0 Å². The van der Waals surface area contributed by atoms with Crippen molar-refractivity contribution in [2.75, 3.05) is 20.2 Å². The number of aromatic hydroxyl groups is 1. The van der Waals surface area contributed by atoms with Crippen LogP contribution in [0.3, 0.4) is 0 Å². The van der Waals surface area contributed by atoms with Crippen LogP contribution >= 0.6 is 0 Å². The van der Waals surface area contributed by atoms with Crippen molar-refractivity contribution in [3.8, 4) is 11.5 Å². The van der Waals surface area contributed by atoms with Crippen LogP contribution in [0.5, 0.6) is 11.5 Å². The number of hydrogen-bond donors (Lipinski definition) is 3. The van der Waals surface area contributed by atoms with Crippen LogP contribution in [0.15, 0.2) is 12.1 Å². The molecule has 6 rings (SSSR count). The lowest BCUT2D eigenvalue weighted by Crippen LogP contribution is -2.78. The monoisotopic (exact) mass is 428 g/mol. The molecule has 168 valence electrons. The van der Waals surface area contributed by atoms with Crippen LogP contribution < -0.4 is 10.1 Å². The first-order chi connectivity index (χ1) is 14.9. The minimum atomic E-state index is -0.899. The molecule has 1 aromatic rings. The molecule has 0 unspecified atom stereocenters. The summed E-state index contributed by atoms with van der Waals surface area (Å²) >= 11 is 0. The molecule has 6 atom stereocenters. The topological polar surface area (TPSA) is 91.3 Å². The molecular weight excluding hydrogens is 396 g/mol. The van der Waals surface area contributed by atoms with Gasteiger partial charge in [0.05, 0.1) is 18.1 Å². The summed E-state index contributed by atoms with van der Waals surface area (Å²) in [7, 11) is 1.40. The second-order valence-corrected chi connectivity index (χ2v) is 10.3. The lowest BCUT2D eigenvalue weighted by molar-refractivity contribution is -0.192. The number of likely N-dealkylation sites (tertiary alicyclic amines) is 1. The van der Waals surface area contributed by atoms with Crippen molar-refractivity contribution in [3.63, 3.8) is 0 Å². The van der Waals surface area contributed by atoms with Crippen molar-refractivity contribution < 1.29 is 24.5 Å². The van der Waals surface area contributed by atoms with Crippen LogP contribution in [0.1, 0.15) is 50.2 Å². The zero-order valence-electron chi connectivity index (χ0n) is 18.3. The van der Waals surface area contributed by atoms with E-state index >= 15 is 0 Å². The quantitative estimate of drug-likeness (QED) is 0.612. The Labute approximate surface area is 182 Å². The number of benzene rings is 1. The molecule has 7 heteroatoms. The Morgan fingerprint density at radius 3 is 2.90 bits per heavy atom. The summed E-state index contributed by atoms with van der Waals surface area (Å²) in [6.45, 7) is 3.80. The van der Waals surface area contributed by atoms with Crippen LogP contribution in [-0.4, -0.2) is 71.1 Å². The Morgan fingerprint density at radius 1 is 1.35 bits per heavy atom. The van der Waals surface area contributed by atoms with Gasteiger partial charge < -0.3 is 19.7 Å². The number of phenols is 1. The second kappa shape index (κ2) is 6.59. The minimum Gasteiger partial charge on any atom is -0.504 e. The molecule has 2 saturated carbocycles. The molecule has 3 N–H and O–H groups in total. The minimum absolute atomic E-state index is 0.0647. The van der Waals surface area contributed by atoms with Gasteiger partial charge in [-0.25, -0.2) is 0 Å². The summed E-state index contributed by atoms with van der Waals surface area (Å²) in [5, 5.41) is 26.5. The van der Waals surface area contributed by atoms with E-state index in [1.165, 1.54) is 25.5 Å². The van der Waals surface area contributed by atoms with E-state index in [1.807, 2.05) is 6.07 Å². The first kappa shape index (κ1) is 19.8. The Bertz CT molecular complexity index is 933. The van der Waals surface area contributed by atoms with Gasteiger partial charge in [-0.2, -0.15) is 0 Å². The van der Waals surface area contributed by atoms with E-state index in [1.54, 1.807) is 13.0 Å². The average Bonchev–Trinajstić information content (AvgIpc) is 3.49. The molecule has 2 bridgehead atoms. The maximum absolute atomic E-state index is 12.4. The van der Waals surface area contributed by atoms with Crippen LogP contribution in [0.4, 0.5) is 0 Å². The fourth-order valence-electron chi connectivity index (χ4n) is 7.22. The standard InChI is InChI=1S/C24H32N2O5/c1-13(22(28)30-2)25-16-7-8-24(29)18-11-15-5-6-17(27)20-19(15)23(24,21(16)31-20)9-10-26(18)12-14-3-4-14/h5-6,13-14,16,18,21,25,27,29H,3-4,7-12H2,1-2H3/t13-,16+,18-,21+,23+,24-/m1/s1. The number of piperidine rings is 1. The Hall–Kier alpha value is -1.83. The number of ether oxygens (including phenoxy) is 2. The van der Waals surface area contributed by atoms with Gasteiger partial charge in [0.2, 0.25) is 0 Å². The summed E-state index contributed by atoms with van der Waals surface area (Å²) < 4.78 is 11.4. The predicted octanol–water partition coefficient (Wildman–Crippen LogP) is 1.48. The number of methoxy groups -OCH3 is 1. The molecule has 5 aliphatic rings. The normalized spacial score (nSPS) is 38.9. The molecule has 3 aliphatic carbocycles. The first-order valence-corrected chi connectivity index (χ1v) is 11.7. The lowest BCUT2D eigenvalue weighted by atomic mass is 9.48. The molecule has 2 aliphatic heterocycles. The van der Waals surface area contributed by atoms with Crippen molar-refractivity contribution in [1.29, 1.82) is 0 Å². The summed E-state index contributed by atoms with van der Waals surface area (Å²) in [4.78, 5) is 14.6. The molecule has 7 nitrogen and oxygen atoms in total. The molecule has 31 heavy (non-hydrogen) atoms. The highest BCUT2D eigenvalue weighted by Gasteiger charge is 2.73. The lowest BCUT2D eigenvalue weighted by Gasteiger charge is -2.64. The third-order valence-corrected chi connectivity index (χ3v) is 8.78. The highest BCUT2D eigenvalue weighted by atomic mass is 16.5. The average molecular weight is 429 g/mol. The van der Waals surface area contributed by atoms with Crippen molar-refractivity contribution >= 4 is 5.97 Å². The number of hydrogen-bond acceptors (Lipinski definition) is 7. The molecule has 0 radical (unpaired) electrons. The zero-order valence-corrected chi connectivity index (χ0v) is 18.3. The van der Waals surface area contributed by atoms with Gasteiger partial charge in [-0.05, 0) is 69.5 Å². The number of esters is 1. The third kappa shape index (κ3) is 2.54. The van der Waals surface area contributed by atoms with Crippen molar-refractivity contribution in [2.45, 2.75) is 80.7 Å². The molecule has 0 amide bonds. The highest BCUT2D eigenvalue weighted by Crippen LogP contribution is 2.65. The van der Waals surface area contributed by atoms with Gasteiger partial charge in [-0.3, -0.25) is 15.0 Å². The van der Waals surface area contributed by atoms with E-state index in [4.69, 9.17) is 9.47 Å². The fourth-order valence-corrected chi connectivity index (χ4v) is 7.22. The Kier molecular flexibility index (Phi) is 4.22. The summed E-state index contributed by atoms with van der Waals surface area (Å²) in [6, 6.07) is 3.24. The number of carbonyl (C=O) groups is 1. The van der Waals surface area contributed by atoms with E-state index in [9.17, 15) is 15.0 Å². The van der Waals surface area contributed by atoms with Crippen molar-refractivity contribution in [1.82, 2.24) is 10.2 Å². The van der Waals surface area contributed by atoms with Gasteiger partial charge >= 0.3 is 5.97 Å². The van der Waals surface area contributed by atoms with Crippen molar-refractivity contribution in [3.05, 3.63) is 23.3 Å². The molecule has 1 spiro atoms. The molecular formula is C24H32N2O5. The van der Waals surface area contributed by atoms with Crippen molar-refractivity contribution in [2.24, 2.45) is 5.92 Å². The summed E-state index contributed by atoms with van der Waals surface area (Å²) in [5.41, 5.74) is 0.737. The first-order valence-electron chi connectivity index (χ1n) is 11.7. The van der Waals surface area contributed by atoms with Crippen LogP contribution in [0, 0.1) is 5.92 Å². The highest BCUT2D eigenvalue weighted by molar-refractivity contribution is 5.75. The van der Waals surface area contributed by atoms with Gasteiger partial charge in [-0.1, -0.05) is 6.07 Å². The summed E-state index contributed by atoms with van der Waals surface area (Å²) in [6.07, 6.45) is 5.22. The maximum Gasteiger partial charge on any atom is 0.322 e. The number of carbonyl (C=O) groups excluding carboxylic acids is 1. The largest absolute Gasteiger partial charge is 0.504 e. The number of nitrogens with zero attached hydrogens (tertiary/aromatic N) is 1. The SMILES string of the molecule is COC(=O)[C@@H](C)N[C@H]1CC[C@@]2(O)[C@H]3Cc4ccc(O)c5c4[C@@]2(CCN3CC2CC2)[C@H]1O5. The molecule has 1 aromatic carbocycles. The predicted molar refractivity (Wildman–Crippen MR) is 113 cm³/mol. The molecule has 2 heterocycles. The molecule has 3 fully saturated rings. The maximum atomic E-state index is 12.4. The van der Waals surface area contributed by atoms with E-state index in [-0.39, 0.29) is 29.9 Å². The zero-order chi connectivity index (χ0) is 21.5. The van der Waals surface area contributed by atoms with E-state index < -0.39 is 17.1 Å². The van der Waals surface area contributed by atoms with Crippen LogP contribution in [0.2, 0.25) is 0 Å². The molecule has 0 aromatic heterocycles. The van der Waals surface area contributed by atoms with Gasteiger partial charge in [-0.15, -0.1) is 0 Å². The number of phenolic OH excluding ortho intramolecular Hbond substituents is 1. The second-order valence-electron chi connectivity index (χ2n) is 10.3. The Morgan fingerprint density at radius 2 is 2.16 bits per heavy atom. The number of aliphatic hydroxyl groups is 1. The third-order valence-electron chi connectivity index (χ3n) is 8.78. The van der Waals surface area contributed by atoms with E-state index in [0.717, 1.165) is 37.4 Å². The van der Waals surface area contributed by atoms with Gasteiger partial charge in [0, 0.05) is 24.2 Å². The van der Waals surface area contributed by atoms with E-state index in [0.29, 0.717) is 18.6 Å². The molecule has 1 saturated heterocycles. The summed E-state index contributed by atoms with van der Waals surface area (Å²) in [5.74, 6) is 1.14. The van der Waals surface area contributed by atoms with Gasteiger partial charge in [0.1, 0.15) is 12.1 Å². The van der Waals surface area contributed by atoms with Gasteiger partial charge in [0.15, 0.2) is 11.5 Å². The van der Waals surface area contributed by atoms with E-state index in [2.05, 4.69) is 10.2 Å². The number of rotatable bonds is 5. The van der Waals surface area contributed by atoms with Crippen LogP contribution in [0.25, 0.3) is 0 Å². The Balaban J connectivity index is 1.44.